The number of benzene rings is 1. The molecule has 0 aliphatic carbocycles. The van der Waals surface area contributed by atoms with Crippen LogP contribution in [0.15, 0.2) is 18.2 Å². The summed E-state index contributed by atoms with van der Waals surface area (Å²) in [4.78, 5) is 0. The molecule has 0 aliphatic heterocycles. The van der Waals surface area contributed by atoms with Gasteiger partial charge < -0.3 is 23.8 Å². The van der Waals surface area contributed by atoms with Crippen molar-refractivity contribution in [2.75, 3.05) is 32.2 Å². The fourth-order valence-electron chi connectivity index (χ4n) is 2.05. The van der Waals surface area contributed by atoms with Gasteiger partial charge in [0, 0.05) is 0 Å². The molecule has 2 N–H and O–H groups in total. The predicted molar refractivity (Wildman–Crippen MR) is 91.8 cm³/mol. The molecule has 1 rings (SSSR count). The molecule has 0 fully saturated rings. The van der Waals surface area contributed by atoms with Crippen molar-refractivity contribution in [2.45, 2.75) is 27.7 Å². The fraction of sp³-hybridized carbons (Fsp3) is 0.571. The van der Waals surface area contributed by atoms with E-state index in [9.17, 15) is 9.13 Å². The minimum absolute atomic E-state index is 0.0444. The molecule has 0 radical (unpaired) electrons. The van der Waals surface area contributed by atoms with Crippen molar-refractivity contribution in [3.05, 3.63) is 18.2 Å². The Bertz CT molecular complexity index is 539. The Hall–Kier alpha value is -0.680. The minimum Gasteiger partial charge on any atom is -0.397 e. The number of rotatable bonds is 10. The highest BCUT2D eigenvalue weighted by Gasteiger charge is 2.35. The van der Waals surface area contributed by atoms with Crippen LogP contribution in [0.2, 0.25) is 0 Å². The summed E-state index contributed by atoms with van der Waals surface area (Å²) >= 11 is 0. The normalized spacial score (nSPS) is 12.5. The summed E-state index contributed by atoms with van der Waals surface area (Å²) in [6, 6.07) is 4.65. The van der Waals surface area contributed by atoms with Gasteiger partial charge >= 0.3 is 15.2 Å². The van der Waals surface area contributed by atoms with Gasteiger partial charge in [0.2, 0.25) is 0 Å². The number of nitrogen functional groups attached to an aromatic ring is 1. The molecule has 1 aromatic rings. The average molecular weight is 365 g/mol. The molecule has 1 aromatic carbocycles. The van der Waals surface area contributed by atoms with E-state index >= 15 is 0 Å². The first kappa shape index (κ1) is 20.4. The molecule has 0 saturated carbocycles. The summed E-state index contributed by atoms with van der Waals surface area (Å²) in [5, 5.41) is 0.330. The van der Waals surface area contributed by atoms with Crippen LogP contribution in [0.4, 0.5) is 5.69 Å². The van der Waals surface area contributed by atoms with Crippen molar-refractivity contribution in [2.24, 2.45) is 0 Å². The second-order valence-electron chi connectivity index (χ2n) is 4.38. The van der Waals surface area contributed by atoms with E-state index in [1.807, 2.05) is 0 Å². The topological polar surface area (TPSA) is 97.1 Å². The second kappa shape index (κ2) is 8.97. The molecule has 0 unspecified atom stereocenters. The number of anilines is 1. The van der Waals surface area contributed by atoms with Gasteiger partial charge in [-0.3, -0.25) is 9.13 Å². The van der Waals surface area contributed by atoms with Crippen molar-refractivity contribution in [1.82, 2.24) is 0 Å². The van der Waals surface area contributed by atoms with Crippen LogP contribution in [0, 0.1) is 0 Å². The molecule has 0 heterocycles. The van der Waals surface area contributed by atoms with Gasteiger partial charge in [-0.05, 0) is 39.8 Å². The number of para-hydroxylation sites is 1. The van der Waals surface area contributed by atoms with Gasteiger partial charge in [0.15, 0.2) is 0 Å². The third-order valence-corrected chi connectivity index (χ3v) is 7.20. The van der Waals surface area contributed by atoms with E-state index in [1.165, 1.54) is 12.1 Å². The second-order valence-corrected chi connectivity index (χ2v) is 8.36. The van der Waals surface area contributed by atoms with Crippen LogP contribution in [0.3, 0.4) is 0 Å². The van der Waals surface area contributed by atoms with E-state index in [1.54, 1.807) is 33.8 Å². The lowest BCUT2D eigenvalue weighted by Crippen LogP contribution is -2.24. The Kier molecular flexibility index (Phi) is 7.95. The molecule has 132 valence electrons. The SMILES string of the molecule is CCOP(=O)(OCC)c1cccc(P(=O)(OCC)OCC)c1N. The van der Waals surface area contributed by atoms with Crippen molar-refractivity contribution in [3.8, 4) is 0 Å². The Morgan fingerprint density at radius 1 is 0.783 bits per heavy atom. The zero-order valence-corrected chi connectivity index (χ0v) is 15.8. The third-order valence-electron chi connectivity index (χ3n) is 2.85. The lowest BCUT2D eigenvalue weighted by molar-refractivity contribution is 0.230. The highest BCUT2D eigenvalue weighted by molar-refractivity contribution is 7.64. The molecule has 0 bridgehead atoms. The Balaban J connectivity index is 3.45. The van der Waals surface area contributed by atoms with Crippen LogP contribution < -0.4 is 16.3 Å². The van der Waals surface area contributed by atoms with E-state index in [2.05, 4.69) is 0 Å². The van der Waals surface area contributed by atoms with Gasteiger partial charge in [0.1, 0.15) is 0 Å². The van der Waals surface area contributed by atoms with E-state index in [0.29, 0.717) is 0 Å². The first-order valence-corrected chi connectivity index (χ1v) is 10.6. The van der Waals surface area contributed by atoms with Gasteiger partial charge in [0.05, 0.1) is 42.7 Å². The molecule has 7 nitrogen and oxygen atoms in total. The van der Waals surface area contributed by atoms with Gasteiger partial charge in [-0.1, -0.05) is 6.07 Å². The third kappa shape index (κ3) is 4.66. The van der Waals surface area contributed by atoms with Crippen LogP contribution in [-0.2, 0) is 27.2 Å². The largest absolute Gasteiger partial charge is 0.397 e. The number of hydrogen-bond acceptors (Lipinski definition) is 7. The highest BCUT2D eigenvalue weighted by atomic mass is 31.2. The molecule has 0 amide bonds. The molecule has 0 saturated heterocycles. The molecule has 0 aliphatic rings. The van der Waals surface area contributed by atoms with Crippen molar-refractivity contribution >= 4 is 31.5 Å². The zero-order chi connectivity index (χ0) is 17.5. The van der Waals surface area contributed by atoms with Gasteiger partial charge in [0.25, 0.3) is 0 Å². The summed E-state index contributed by atoms with van der Waals surface area (Å²) < 4.78 is 47.1. The van der Waals surface area contributed by atoms with E-state index < -0.39 is 15.2 Å². The monoisotopic (exact) mass is 365 g/mol. The van der Waals surface area contributed by atoms with Crippen LogP contribution in [0.1, 0.15) is 27.7 Å². The molecular weight excluding hydrogens is 340 g/mol. The standard InChI is InChI=1S/C14H25NO6P2/c1-5-18-22(16,19-6-2)12-10-9-11-13(14(12)15)23(17,20-7-3)21-8-4/h9-11H,5-8,15H2,1-4H3. The number of nitrogens with two attached hydrogens (primary N) is 1. The van der Waals surface area contributed by atoms with Crippen LogP contribution in [0.5, 0.6) is 0 Å². The fourth-order valence-corrected chi connectivity index (χ4v) is 5.57. The summed E-state index contributed by atoms with van der Waals surface area (Å²) in [7, 11) is -7.20. The maximum atomic E-state index is 12.9. The van der Waals surface area contributed by atoms with Crippen molar-refractivity contribution < 1.29 is 27.2 Å². The van der Waals surface area contributed by atoms with Gasteiger partial charge in [-0.15, -0.1) is 0 Å². The van der Waals surface area contributed by atoms with Gasteiger partial charge in [-0.25, -0.2) is 0 Å². The van der Waals surface area contributed by atoms with Crippen molar-refractivity contribution in [1.29, 1.82) is 0 Å². The van der Waals surface area contributed by atoms with Crippen molar-refractivity contribution in [3.63, 3.8) is 0 Å². The molecule has 9 heteroatoms. The molecule has 0 spiro atoms. The maximum Gasteiger partial charge on any atom is 0.363 e. The Labute approximate surface area is 137 Å². The van der Waals surface area contributed by atoms with Gasteiger partial charge in [-0.2, -0.15) is 0 Å². The van der Waals surface area contributed by atoms with Crippen LogP contribution >= 0.6 is 15.2 Å². The quantitative estimate of drug-likeness (QED) is 0.503. The molecule has 0 aromatic heterocycles. The average Bonchev–Trinajstić information content (AvgIpc) is 2.48. The summed E-state index contributed by atoms with van der Waals surface area (Å²) in [6.07, 6.45) is 0. The first-order chi connectivity index (χ1) is 10.9. The van der Waals surface area contributed by atoms with E-state index in [0.717, 1.165) is 0 Å². The van der Waals surface area contributed by atoms with Crippen LogP contribution in [-0.4, -0.2) is 26.4 Å². The Morgan fingerprint density at radius 3 is 1.35 bits per heavy atom. The van der Waals surface area contributed by atoms with Crippen LogP contribution in [0.25, 0.3) is 0 Å². The van der Waals surface area contributed by atoms with E-state index in [4.69, 9.17) is 23.8 Å². The molecular formula is C14H25NO6P2. The lowest BCUT2D eigenvalue weighted by Gasteiger charge is -2.23. The summed E-state index contributed by atoms with van der Waals surface area (Å²) in [6.45, 7) is 7.58. The predicted octanol–water partition coefficient (Wildman–Crippen LogP) is 3.05. The maximum absolute atomic E-state index is 12.9. The van der Waals surface area contributed by atoms with E-state index in [-0.39, 0.29) is 42.7 Å². The summed E-state index contributed by atoms with van der Waals surface area (Å²) in [5.41, 5.74) is 6.16. The zero-order valence-electron chi connectivity index (χ0n) is 14.0. The summed E-state index contributed by atoms with van der Waals surface area (Å²) in [5.74, 6) is 0. The smallest absolute Gasteiger partial charge is 0.363 e. The molecule has 23 heavy (non-hydrogen) atoms. The Morgan fingerprint density at radius 2 is 1.09 bits per heavy atom. The molecule has 0 atom stereocenters. The number of hydrogen-bond donors (Lipinski definition) is 1. The lowest BCUT2D eigenvalue weighted by atomic mass is 10.3. The first-order valence-electron chi connectivity index (χ1n) is 7.56. The highest BCUT2D eigenvalue weighted by Crippen LogP contribution is 2.52. The minimum atomic E-state index is -3.60.